The zero-order valence-corrected chi connectivity index (χ0v) is 19.5. The summed E-state index contributed by atoms with van der Waals surface area (Å²) >= 11 is 0. The first-order valence-corrected chi connectivity index (χ1v) is 12.3. The van der Waals surface area contributed by atoms with Gasteiger partial charge < -0.3 is 20.4 Å². The molecule has 2 aromatic heterocycles. The van der Waals surface area contributed by atoms with Crippen LogP contribution >= 0.6 is 0 Å². The summed E-state index contributed by atoms with van der Waals surface area (Å²) in [5, 5.41) is 0.927. The summed E-state index contributed by atoms with van der Waals surface area (Å²) in [7, 11) is 0. The van der Waals surface area contributed by atoms with Crippen LogP contribution in [0.2, 0.25) is 0 Å². The number of alkyl halides is 3. The number of hydrogen-bond acceptors (Lipinski definition) is 4. The Hall–Kier alpha value is -3.30. The molecule has 0 radical (unpaired) electrons. The molecule has 2 atom stereocenters. The van der Waals surface area contributed by atoms with E-state index >= 15 is 4.39 Å². The number of halogens is 4. The fraction of sp³-hybridized carbons (Fsp3) is 0.462. The van der Waals surface area contributed by atoms with Crippen LogP contribution in [0.4, 0.5) is 23.2 Å². The van der Waals surface area contributed by atoms with E-state index in [-0.39, 0.29) is 28.9 Å². The van der Waals surface area contributed by atoms with Crippen LogP contribution in [0.25, 0.3) is 11.0 Å². The number of rotatable bonds is 3. The van der Waals surface area contributed by atoms with Crippen molar-refractivity contribution >= 4 is 22.6 Å². The number of pyridine rings is 1. The fourth-order valence-corrected chi connectivity index (χ4v) is 6.49. The predicted octanol–water partition coefficient (Wildman–Crippen LogP) is 5.64. The van der Waals surface area contributed by atoms with Crippen molar-refractivity contribution in [1.82, 2.24) is 14.9 Å². The highest BCUT2D eigenvalue weighted by molar-refractivity contribution is 5.99. The maximum atomic E-state index is 15.2. The molecule has 2 bridgehead atoms. The number of nitrogens with one attached hydrogen (secondary N) is 1. The molecule has 1 aromatic carbocycles. The minimum Gasteiger partial charge on any atom is -0.406 e. The van der Waals surface area contributed by atoms with Gasteiger partial charge in [0.1, 0.15) is 17.2 Å². The third kappa shape index (κ3) is 3.96. The molecule has 0 spiro atoms. The minimum absolute atomic E-state index is 0.0565. The van der Waals surface area contributed by atoms with Gasteiger partial charge in [0.25, 0.3) is 5.91 Å². The maximum Gasteiger partial charge on any atom is 0.573 e. The van der Waals surface area contributed by atoms with E-state index in [1.807, 2.05) is 0 Å². The van der Waals surface area contributed by atoms with Crippen molar-refractivity contribution < 1.29 is 27.1 Å². The molecule has 3 aliphatic rings. The Kier molecular flexibility index (Phi) is 5.38. The number of anilines is 1. The highest BCUT2D eigenvalue weighted by Crippen LogP contribution is 2.49. The average Bonchev–Trinajstić information content (AvgIpc) is 3.40. The number of carbonyl (C=O) groups excluding carboxylic acids is 1. The van der Waals surface area contributed by atoms with E-state index in [1.165, 1.54) is 36.4 Å². The molecule has 1 saturated carbocycles. The topological polar surface area (TPSA) is 84.2 Å². The number of aromatic amines is 1. The van der Waals surface area contributed by atoms with E-state index in [4.69, 9.17) is 5.73 Å². The summed E-state index contributed by atoms with van der Waals surface area (Å²) in [6.07, 6.45) is 2.11. The lowest BCUT2D eigenvalue weighted by Gasteiger charge is -2.33. The molecule has 6 rings (SSSR count). The Morgan fingerprint density at radius 2 is 1.92 bits per heavy atom. The van der Waals surface area contributed by atoms with Crippen molar-refractivity contribution in [2.24, 2.45) is 5.92 Å². The first-order chi connectivity index (χ1) is 17.2. The summed E-state index contributed by atoms with van der Waals surface area (Å²) in [4.78, 5) is 22.5. The molecular weight excluding hydrogens is 476 g/mol. The van der Waals surface area contributed by atoms with Crippen molar-refractivity contribution in [2.45, 2.75) is 56.7 Å². The molecule has 36 heavy (non-hydrogen) atoms. The molecule has 0 unspecified atom stereocenters. The first-order valence-electron chi connectivity index (χ1n) is 12.3. The second-order valence-electron chi connectivity index (χ2n) is 10.2. The van der Waals surface area contributed by atoms with Crippen LogP contribution < -0.4 is 10.5 Å². The second-order valence-corrected chi connectivity index (χ2v) is 10.2. The molecule has 6 nitrogen and oxygen atoms in total. The number of H-pyrrole nitrogens is 1. The van der Waals surface area contributed by atoms with Gasteiger partial charge in [-0.05, 0) is 74.0 Å². The number of nitrogens with two attached hydrogens (primary N) is 1. The van der Waals surface area contributed by atoms with Crippen LogP contribution in [-0.2, 0) is 6.42 Å². The quantitative estimate of drug-likeness (QED) is 0.359. The lowest BCUT2D eigenvalue weighted by atomic mass is 9.82. The summed E-state index contributed by atoms with van der Waals surface area (Å²) in [5.74, 6) is -0.0521. The van der Waals surface area contributed by atoms with Gasteiger partial charge in [-0.15, -0.1) is 13.2 Å². The van der Waals surface area contributed by atoms with Gasteiger partial charge in [-0.3, -0.25) is 4.79 Å². The number of aromatic nitrogens is 2. The lowest BCUT2D eigenvalue weighted by Crippen LogP contribution is -2.38. The molecule has 1 aliphatic heterocycles. The Morgan fingerprint density at radius 3 is 2.64 bits per heavy atom. The van der Waals surface area contributed by atoms with Crippen molar-refractivity contribution in [1.29, 1.82) is 0 Å². The average molecular weight is 503 g/mol. The smallest absolute Gasteiger partial charge is 0.406 e. The van der Waals surface area contributed by atoms with Crippen LogP contribution in [0.1, 0.15) is 71.1 Å². The minimum atomic E-state index is -4.84. The molecule has 1 saturated heterocycles. The predicted molar refractivity (Wildman–Crippen MR) is 125 cm³/mol. The Balaban J connectivity index is 1.22. The van der Waals surface area contributed by atoms with Crippen molar-refractivity contribution in [3.63, 3.8) is 0 Å². The fourth-order valence-electron chi connectivity index (χ4n) is 6.49. The Bertz CT molecular complexity index is 1340. The number of amides is 1. The van der Waals surface area contributed by atoms with Gasteiger partial charge in [0.15, 0.2) is 0 Å². The molecule has 10 heteroatoms. The number of benzene rings is 1. The van der Waals surface area contributed by atoms with Gasteiger partial charge in [-0.2, -0.15) is 0 Å². The molecule has 2 fully saturated rings. The van der Waals surface area contributed by atoms with Crippen LogP contribution in [-0.4, -0.2) is 40.2 Å². The van der Waals surface area contributed by atoms with Gasteiger partial charge in [0.05, 0.1) is 11.8 Å². The van der Waals surface area contributed by atoms with E-state index in [0.29, 0.717) is 43.3 Å². The normalized spacial score (nSPS) is 22.2. The largest absolute Gasteiger partial charge is 0.573 e. The third-order valence-electron chi connectivity index (χ3n) is 8.07. The summed E-state index contributed by atoms with van der Waals surface area (Å²) in [6.45, 7) is 0.787. The zero-order valence-electron chi connectivity index (χ0n) is 19.5. The van der Waals surface area contributed by atoms with E-state index in [9.17, 15) is 18.0 Å². The molecular formula is C26H26F4N4O2. The molecule has 3 heterocycles. The summed E-state index contributed by atoms with van der Waals surface area (Å²) in [5.41, 5.74) is 9.79. The van der Waals surface area contributed by atoms with Gasteiger partial charge >= 0.3 is 6.36 Å². The number of nitrogen functional groups attached to an aromatic ring is 1. The monoisotopic (exact) mass is 502 g/mol. The number of piperidine rings is 1. The number of hydrogen-bond donors (Lipinski definition) is 2. The standard InChI is InChI=1S/C26H26F4N4O2/c27-19-12-32-24-22(18-10-13-1-2-15(9-13)23(18)33-24)21(19)14-5-7-34(8-6-14)25(35)17-4-3-16(11-20(17)31)36-26(28,29)30/h3-4,11-15H,1-2,5-10,31H2,(H,32,33)/t13-,15+/m0/s1. The van der Waals surface area contributed by atoms with Gasteiger partial charge in [-0.1, -0.05) is 0 Å². The van der Waals surface area contributed by atoms with Crippen LogP contribution in [0.15, 0.2) is 24.4 Å². The summed E-state index contributed by atoms with van der Waals surface area (Å²) < 4.78 is 56.5. The van der Waals surface area contributed by atoms with Gasteiger partial charge in [-0.25, -0.2) is 9.37 Å². The maximum absolute atomic E-state index is 15.2. The number of likely N-dealkylation sites (tertiary alicyclic amines) is 1. The third-order valence-corrected chi connectivity index (χ3v) is 8.07. The lowest BCUT2D eigenvalue weighted by molar-refractivity contribution is -0.274. The summed E-state index contributed by atoms with van der Waals surface area (Å²) in [6, 6.07) is 3.32. The highest BCUT2D eigenvalue weighted by atomic mass is 19.4. The van der Waals surface area contributed by atoms with E-state index < -0.39 is 12.1 Å². The highest BCUT2D eigenvalue weighted by Gasteiger charge is 2.38. The first kappa shape index (κ1) is 23.1. The van der Waals surface area contributed by atoms with E-state index in [2.05, 4.69) is 14.7 Å². The second kappa shape index (κ2) is 8.38. The van der Waals surface area contributed by atoms with Crippen molar-refractivity contribution in [2.75, 3.05) is 18.8 Å². The van der Waals surface area contributed by atoms with Crippen molar-refractivity contribution in [3.05, 3.63) is 52.6 Å². The number of nitrogens with zero attached hydrogens (tertiary/aromatic N) is 2. The molecule has 190 valence electrons. The van der Waals surface area contributed by atoms with Crippen LogP contribution in [0, 0.1) is 11.7 Å². The van der Waals surface area contributed by atoms with E-state index in [1.54, 1.807) is 4.90 Å². The van der Waals surface area contributed by atoms with Gasteiger partial charge in [0, 0.05) is 41.5 Å². The molecule has 1 amide bonds. The SMILES string of the molecule is Nc1cc(OC(F)(F)F)ccc1C(=O)N1CCC(c2c(F)cnc3[nH]c4c(c23)C[C@H]2CC[C@@H]4C2)CC1. The van der Waals surface area contributed by atoms with E-state index in [0.717, 1.165) is 36.0 Å². The number of fused-ring (bicyclic) bond motifs is 6. The molecule has 3 aromatic rings. The van der Waals surface area contributed by atoms with Gasteiger partial charge in [0.2, 0.25) is 0 Å². The number of carbonyl (C=O) groups is 1. The van der Waals surface area contributed by atoms with Crippen molar-refractivity contribution in [3.8, 4) is 5.75 Å². The Morgan fingerprint density at radius 1 is 1.14 bits per heavy atom. The molecule has 2 aliphatic carbocycles. The molecule has 3 N–H and O–H groups in total. The number of ether oxygens (including phenoxy) is 1. The van der Waals surface area contributed by atoms with Crippen LogP contribution in [0.3, 0.4) is 0 Å². The van der Waals surface area contributed by atoms with Crippen LogP contribution in [0.5, 0.6) is 5.75 Å². The Labute approximate surface area is 204 Å². The zero-order chi connectivity index (χ0) is 25.2.